The summed E-state index contributed by atoms with van der Waals surface area (Å²) >= 11 is 1.43. The van der Waals surface area contributed by atoms with Crippen molar-refractivity contribution in [3.63, 3.8) is 0 Å². The van der Waals surface area contributed by atoms with E-state index in [1.807, 2.05) is 58.0 Å². The molecular weight excluding hydrogens is 356 g/mol. The molecule has 0 N–H and O–H groups in total. The van der Waals surface area contributed by atoms with Crippen LogP contribution in [0.15, 0.2) is 72.1 Å². The molecular formula is C21H24N4OS. The molecule has 1 heterocycles. The van der Waals surface area contributed by atoms with Gasteiger partial charge in [0.25, 0.3) is 0 Å². The van der Waals surface area contributed by atoms with Crippen LogP contribution in [-0.2, 0) is 11.2 Å². The van der Waals surface area contributed by atoms with Gasteiger partial charge in [0, 0.05) is 18.3 Å². The van der Waals surface area contributed by atoms with Crippen molar-refractivity contribution in [2.45, 2.75) is 31.5 Å². The van der Waals surface area contributed by atoms with E-state index in [4.69, 9.17) is 0 Å². The van der Waals surface area contributed by atoms with Crippen LogP contribution in [0.4, 0.5) is 5.69 Å². The molecule has 0 saturated heterocycles. The Kier molecular flexibility index (Phi) is 6.65. The van der Waals surface area contributed by atoms with E-state index in [-0.39, 0.29) is 11.9 Å². The lowest BCUT2D eigenvalue weighted by Crippen LogP contribution is -2.34. The van der Waals surface area contributed by atoms with Gasteiger partial charge in [-0.1, -0.05) is 60.3 Å². The Morgan fingerprint density at radius 2 is 1.74 bits per heavy atom. The zero-order valence-corrected chi connectivity index (χ0v) is 16.5. The molecule has 0 aliphatic heterocycles. The minimum atomic E-state index is 0.0698. The van der Waals surface area contributed by atoms with Crippen LogP contribution in [-0.4, -0.2) is 33.0 Å². The number of para-hydroxylation sites is 1. The number of aromatic nitrogens is 3. The van der Waals surface area contributed by atoms with Crippen molar-refractivity contribution >= 4 is 23.4 Å². The fraction of sp³-hybridized carbons (Fsp3) is 0.286. The second kappa shape index (κ2) is 9.37. The Bertz CT molecular complexity index is 849. The lowest BCUT2D eigenvalue weighted by Gasteiger charge is -2.23. The quantitative estimate of drug-likeness (QED) is 0.549. The van der Waals surface area contributed by atoms with E-state index < -0.39 is 0 Å². The number of anilines is 1. The number of benzene rings is 2. The molecule has 1 amide bonds. The molecule has 6 heteroatoms. The predicted molar refractivity (Wildman–Crippen MR) is 110 cm³/mol. The largest absolute Gasteiger partial charge is 0.311 e. The molecule has 0 unspecified atom stereocenters. The summed E-state index contributed by atoms with van der Waals surface area (Å²) in [6, 6.07) is 20.3. The first kappa shape index (κ1) is 19.2. The van der Waals surface area contributed by atoms with Crippen molar-refractivity contribution in [1.82, 2.24) is 14.8 Å². The highest BCUT2D eigenvalue weighted by atomic mass is 32.2. The molecule has 0 aliphatic rings. The van der Waals surface area contributed by atoms with Gasteiger partial charge >= 0.3 is 0 Å². The third kappa shape index (κ3) is 5.20. The highest BCUT2D eigenvalue weighted by molar-refractivity contribution is 7.99. The maximum absolute atomic E-state index is 13.0. The summed E-state index contributed by atoms with van der Waals surface area (Å²) in [5.74, 6) is 0.398. The Hall–Kier alpha value is -2.60. The van der Waals surface area contributed by atoms with Crippen molar-refractivity contribution in [2.75, 3.05) is 17.2 Å². The smallest absolute Gasteiger partial charge is 0.237 e. The van der Waals surface area contributed by atoms with Gasteiger partial charge < -0.3 is 9.47 Å². The van der Waals surface area contributed by atoms with Crippen molar-refractivity contribution in [3.8, 4) is 0 Å². The maximum atomic E-state index is 13.0. The van der Waals surface area contributed by atoms with Gasteiger partial charge in [0.1, 0.15) is 6.33 Å². The molecule has 0 saturated carbocycles. The highest BCUT2D eigenvalue weighted by Gasteiger charge is 2.18. The molecule has 140 valence electrons. The second-order valence-corrected chi connectivity index (χ2v) is 7.46. The van der Waals surface area contributed by atoms with Crippen molar-refractivity contribution in [1.29, 1.82) is 0 Å². The van der Waals surface area contributed by atoms with Gasteiger partial charge in [0.05, 0.1) is 5.75 Å². The average molecular weight is 381 g/mol. The third-order valence-electron chi connectivity index (χ3n) is 4.26. The molecule has 27 heavy (non-hydrogen) atoms. The molecule has 0 spiro atoms. The topological polar surface area (TPSA) is 51.0 Å². The van der Waals surface area contributed by atoms with Crippen LogP contribution in [0.25, 0.3) is 0 Å². The Balaban J connectivity index is 1.69. The molecule has 3 rings (SSSR count). The molecule has 1 aromatic heterocycles. The number of hydrogen-bond donors (Lipinski definition) is 0. The van der Waals surface area contributed by atoms with Crippen LogP contribution in [0.5, 0.6) is 0 Å². The van der Waals surface area contributed by atoms with Gasteiger partial charge in [-0.15, -0.1) is 10.2 Å². The first-order valence-corrected chi connectivity index (χ1v) is 10.1. The lowest BCUT2D eigenvalue weighted by molar-refractivity contribution is -0.116. The summed E-state index contributed by atoms with van der Waals surface area (Å²) in [7, 11) is 0. The van der Waals surface area contributed by atoms with Gasteiger partial charge in [-0.2, -0.15) is 0 Å². The van der Waals surface area contributed by atoms with Gasteiger partial charge in [0.15, 0.2) is 5.16 Å². The maximum Gasteiger partial charge on any atom is 0.237 e. The number of thioether (sulfide) groups is 1. The Morgan fingerprint density at radius 1 is 1.07 bits per heavy atom. The number of carbonyl (C=O) groups is 1. The normalized spacial score (nSPS) is 10.9. The fourth-order valence-electron chi connectivity index (χ4n) is 2.79. The molecule has 0 radical (unpaired) electrons. The first-order valence-electron chi connectivity index (χ1n) is 9.07. The zero-order chi connectivity index (χ0) is 19.1. The van der Waals surface area contributed by atoms with E-state index in [1.165, 1.54) is 17.3 Å². The molecule has 0 atom stereocenters. The van der Waals surface area contributed by atoms with E-state index in [2.05, 4.69) is 36.2 Å². The Labute approximate surface area is 164 Å². The first-order chi connectivity index (χ1) is 13.1. The Morgan fingerprint density at radius 3 is 2.41 bits per heavy atom. The summed E-state index contributed by atoms with van der Waals surface area (Å²) in [5.41, 5.74) is 2.14. The van der Waals surface area contributed by atoms with E-state index in [9.17, 15) is 4.79 Å². The van der Waals surface area contributed by atoms with Crippen LogP contribution in [0.3, 0.4) is 0 Å². The molecule has 0 bridgehead atoms. The summed E-state index contributed by atoms with van der Waals surface area (Å²) in [6.07, 6.45) is 2.52. The van der Waals surface area contributed by atoms with E-state index in [1.54, 1.807) is 6.33 Å². The zero-order valence-electron chi connectivity index (χ0n) is 15.7. The average Bonchev–Trinajstić information content (AvgIpc) is 3.17. The lowest BCUT2D eigenvalue weighted by atomic mass is 10.1. The van der Waals surface area contributed by atoms with Crippen LogP contribution >= 0.6 is 11.8 Å². The minimum Gasteiger partial charge on any atom is -0.311 e. The van der Waals surface area contributed by atoms with E-state index in [0.29, 0.717) is 12.3 Å². The molecule has 2 aromatic carbocycles. The van der Waals surface area contributed by atoms with Gasteiger partial charge in [-0.25, -0.2) is 0 Å². The third-order valence-corrected chi connectivity index (χ3v) is 5.20. The molecule has 3 aromatic rings. The molecule has 5 nitrogen and oxygen atoms in total. The summed E-state index contributed by atoms with van der Waals surface area (Å²) in [5, 5.41) is 8.88. The van der Waals surface area contributed by atoms with Crippen LogP contribution in [0.1, 0.15) is 25.5 Å². The SMILES string of the molecule is CC(C)n1cnnc1SCC(=O)N(CCc1ccccc1)c1ccccc1. The number of nitrogens with zero attached hydrogens (tertiary/aromatic N) is 4. The highest BCUT2D eigenvalue weighted by Crippen LogP contribution is 2.21. The van der Waals surface area contributed by atoms with Crippen molar-refractivity contribution in [3.05, 3.63) is 72.6 Å². The van der Waals surface area contributed by atoms with Gasteiger partial charge in [-0.05, 0) is 38.0 Å². The van der Waals surface area contributed by atoms with Gasteiger partial charge in [-0.3, -0.25) is 4.79 Å². The summed E-state index contributed by atoms with van der Waals surface area (Å²) < 4.78 is 1.98. The minimum absolute atomic E-state index is 0.0698. The fourth-order valence-corrected chi connectivity index (χ4v) is 3.71. The number of amides is 1. The van der Waals surface area contributed by atoms with Gasteiger partial charge in [0.2, 0.25) is 5.91 Å². The van der Waals surface area contributed by atoms with E-state index in [0.717, 1.165) is 17.3 Å². The van der Waals surface area contributed by atoms with Crippen molar-refractivity contribution < 1.29 is 4.79 Å². The number of carbonyl (C=O) groups excluding carboxylic acids is 1. The molecule has 0 aliphatic carbocycles. The van der Waals surface area contributed by atoms with Crippen LogP contribution in [0.2, 0.25) is 0 Å². The molecule has 0 fully saturated rings. The summed E-state index contributed by atoms with van der Waals surface area (Å²) in [4.78, 5) is 14.8. The van der Waals surface area contributed by atoms with E-state index >= 15 is 0 Å². The number of hydrogen-bond acceptors (Lipinski definition) is 4. The monoisotopic (exact) mass is 380 g/mol. The summed E-state index contributed by atoms with van der Waals surface area (Å²) in [6.45, 7) is 4.79. The van der Waals surface area contributed by atoms with Crippen LogP contribution < -0.4 is 4.90 Å². The van der Waals surface area contributed by atoms with Crippen molar-refractivity contribution in [2.24, 2.45) is 0 Å². The standard InChI is InChI=1S/C21H24N4OS/c1-17(2)25-16-22-23-21(25)27-15-20(26)24(19-11-7-4-8-12-19)14-13-18-9-5-3-6-10-18/h3-12,16-17H,13-15H2,1-2H3. The van der Waals surface area contributed by atoms with Crippen LogP contribution in [0, 0.1) is 0 Å². The second-order valence-electron chi connectivity index (χ2n) is 6.52. The predicted octanol–water partition coefficient (Wildman–Crippen LogP) is 4.23. The number of rotatable bonds is 8.